The first-order valence-corrected chi connectivity index (χ1v) is 7.14. The number of nitrogens with one attached hydrogen (secondary N) is 2. The van der Waals surface area contributed by atoms with Gasteiger partial charge in [-0.25, -0.2) is 4.39 Å². The predicted molar refractivity (Wildman–Crippen MR) is 75.6 cm³/mol. The lowest BCUT2D eigenvalue weighted by atomic mass is 9.94. The summed E-state index contributed by atoms with van der Waals surface area (Å²) in [5.41, 5.74) is 1.24. The molecule has 2 atom stereocenters. The summed E-state index contributed by atoms with van der Waals surface area (Å²) in [6, 6.07) is 3.07. The Bertz CT molecular complexity index is 533. The van der Waals surface area contributed by atoms with E-state index in [1.54, 1.807) is 6.07 Å². The number of benzene rings is 1. The molecule has 2 N–H and O–H groups in total. The highest BCUT2D eigenvalue weighted by molar-refractivity contribution is 5.98. The van der Waals surface area contributed by atoms with Crippen LogP contribution in [0.3, 0.4) is 0 Å². The molecule has 1 heterocycles. The van der Waals surface area contributed by atoms with Crippen molar-refractivity contribution < 1.29 is 13.9 Å². The fraction of sp³-hybridized carbons (Fsp3) is 0.533. The molecule has 20 heavy (non-hydrogen) atoms. The molecule has 1 fully saturated rings. The number of methoxy groups -OCH3 is 1. The van der Waals surface area contributed by atoms with Gasteiger partial charge in [0.1, 0.15) is 0 Å². The summed E-state index contributed by atoms with van der Waals surface area (Å²) in [6.45, 7) is 0. The number of hydrogen-bond acceptors (Lipinski definition) is 3. The third-order valence-corrected chi connectivity index (χ3v) is 4.24. The van der Waals surface area contributed by atoms with E-state index in [4.69, 9.17) is 4.74 Å². The number of fused-ring (bicyclic) bond motifs is 2. The lowest BCUT2D eigenvalue weighted by molar-refractivity contribution is -0.120. The van der Waals surface area contributed by atoms with Crippen molar-refractivity contribution in [2.75, 3.05) is 17.7 Å². The van der Waals surface area contributed by atoms with E-state index in [2.05, 4.69) is 10.6 Å². The van der Waals surface area contributed by atoms with Crippen molar-refractivity contribution in [3.63, 3.8) is 0 Å². The molecule has 1 aliphatic carbocycles. The zero-order valence-corrected chi connectivity index (χ0v) is 11.5. The summed E-state index contributed by atoms with van der Waals surface area (Å²) in [5.74, 6) is -0.320. The minimum atomic E-state index is -0.463. The van der Waals surface area contributed by atoms with Gasteiger partial charge in [-0.2, -0.15) is 0 Å². The van der Waals surface area contributed by atoms with E-state index in [1.807, 2.05) is 0 Å². The van der Waals surface area contributed by atoms with Gasteiger partial charge >= 0.3 is 0 Å². The summed E-state index contributed by atoms with van der Waals surface area (Å²) in [5, 5.41) is 6.25. The topological polar surface area (TPSA) is 50.4 Å². The van der Waals surface area contributed by atoms with Gasteiger partial charge in [0, 0.05) is 18.2 Å². The molecule has 2 aliphatic rings. The van der Waals surface area contributed by atoms with E-state index in [0.29, 0.717) is 5.69 Å². The zero-order chi connectivity index (χ0) is 14.1. The fourth-order valence-electron chi connectivity index (χ4n) is 3.15. The SMILES string of the molecule is COc1cc2c(cc1F)NC(=O)C1CCCCCC1N2. The van der Waals surface area contributed by atoms with Crippen molar-refractivity contribution in [1.82, 2.24) is 0 Å². The minimum absolute atomic E-state index is 0.00674. The second-order valence-corrected chi connectivity index (χ2v) is 5.52. The molecule has 108 valence electrons. The fourth-order valence-corrected chi connectivity index (χ4v) is 3.15. The molecule has 0 saturated heterocycles. The summed E-state index contributed by atoms with van der Waals surface area (Å²) in [4.78, 5) is 12.3. The van der Waals surface area contributed by atoms with E-state index in [-0.39, 0.29) is 23.6 Å². The Hall–Kier alpha value is -1.78. The maximum atomic E-state index is 13.8. The maximum Gasteiger partial charge on any atom is 0.229 e. The number of hydrogen-bond donors (Lipinski definition) is 2. The van der Waals surface area contributed by atoms with Crippen LogP contribution in [-0.4, -0.2) is 19.1 Å². The van der Waals surface area contributed by atoms with Gasteiger partial charge in [-0.15, -0.1) is 0 Å². The molecule has 1 aliphatic heterocycles. The second kappa shape index (κ2) is 5.31. The highest BCUT2D eigenvalue weighted by atomic mass is 19.1. The van der Waals surface area contributed by atoms with Crippen LogP contribution >= 0.6 is 0 Å². The molecule has 0 radical (unpaired) electrons. The van der Waals surface area contributed by atoms with Crippen molar-refractivity contribution in [3.05, 3.63) is 17.9 Å². The number of halogens is 1. The van der Waals surface area contributed by atoms with Crippen molar-refractivity contribution in [3.8, 4) is 5.75 Å². The van der Waals surface area contributed by atoms with Gasteiger partial charge in [0.25, 0.3) is 0 Å². The molecule has 0 spiro atoms. The number of amides is 1. The number of anilines is 2. The summed E-state index contributed by atoms with van der Waals surface area (Å²) >= 11 is 0. The van der Waals surface area contributed by atoms with Gasteiger partial charge in [-0.05, 0) is 12.8 Å². The van der Waals surface area contributed by atoms with E-state index < -0.39 is 5.82 Å². The third-order valence-electron chi connectivity index (χ3n) is 4.24. The molecule has 1 amide bonds. The minimum Gasteiger partial charge on any atom is -0.494 e. The first-order chi connectivity index (χ1) is 9.69. The number of rotatable bonds is 1. The zero-order valence-electron chi connectivity index (χ0n) is 11.5. The van der Waals surface area contributed by atoms with E-state index in [9.17, 15) is 9.18 Å². The summed E-state index contributed by atoms with van der Waals surface area (Å²) in [6.07, 6.45) is 5.22. The lowest BCUT2D eigenvalue weighted by Gasteiger charge is -2.22. The van der Waals surface area contributed by atoms with Crippen LogP contribution in [0.2, 0.25) is 0 Å². The van der Waals surface area contributed by atoms with Crippen molar-refractivity contribution in [1.29, 1.82) is 0 Å². The van der Waals surface area contributed by atoms with Crippen molar-refractivity contribution in [2.45, 2.75) is 38.1 Å². The highest BCUT2D eigenvalue weighted by Gasteiger charge is 2.33. The first kappa shape index (κ1) is 13.2. The van der Waals surface area contributed by atoms with Crippen molar-refractivity contribution in [2.24, 2.45) is 5.92 Å². The average molecular weight is 278 g/mol. The maximum absolute atomic E-state index is 13.8. The van der Waals surface area contributed by atoms with Gasteiger partial charge in [0.15, 0.2) is 11.6 Å². The van der Waals surface area contributed by atoms with E-state index >= 15 is 0 Å². The second-order valence-electron chi connectivity index (χ2n) is 5.52. The normalized spacial score (nSPS) is 25.4. The van der Waals surface area contributed by atoms with Gasteiger partial charge in [0.2, 0.25) is 5.91 Å². The Labute approximate surface area is 117 Å². The predicted octanol–water partition coefficient (Wildman–Crippen LogP) is 3.15. The summed E-state index contributed by atoms with van der Waals surface area (Å²) in [7, 11) is 1.44. The van der Waals surface area contributed by atoms with Crippen LogP contribution in [0.5, 0.6) is 5.75 Å². The number of ether oxygens (including phenoxy) is 1. The Morgan fingerprint density at radius 3 is 2.80 bits per heavy atom. The van der Waals surface area contributed by atoms with Gasteiger partial charge in [-0.3, -0.25) is 4.79 Å². The van der Waals surface area contributed by atoms with Crippen LogP contribution in [0, 0.1) is 11.7 Å². The van der Waals surface area contributed by atoms with Crippen LogP contribution in [0.15, 0.2) is 12.1 Å². The molecule has 2 unspecified atom stereocenters. The highest BCUT2D eigenvalue weighted by Crippen LogP contribution is 2.37. The molecule has 4 nitrogen and oxygen atoms in total. The molecule has 1 aromatic carbocycles. The van der Waals surface area contributed by atoms with Gasteiger partial charge < -0.3 is 15.4 Å². The quantitative estimate of drug-likeness (QED) is 0.829. The van der Waals surface area contributed by atoms with Crippen LogP contribution in [-0.2, 0) is 4.79 Å². The molecule has 3 rings (SSSR count). The Morgan fingerprint density at radius 2 is 2.00 bits per heavy atom. The Balaban J connectivity index is 1.98. The molecular formula is C15H19FN2O2. The molecule has 0 aromatic heterocycles. The largest absolute Gasteiger partial charge is 0.494 e. The standard InChI is InChI=1S/C15H19FN2O2/c1-20-14-8-13-12(7-10(14)16)18-15(19)9-5-3-2-4-6-11(9)17-13/h7-9,11,17H,2-6H2,1H3,(H,18,19). The Morgan fingerprint density at radius 1 is 1.20 bits per heavy atom. The molecule has 1 saturated carbocycles. The van der Waals surface area contributed by atoms with Crippen LogP contribution < -0.4 is 15.4 Å². The molecular weight excluding hydrogens is 259 g/mol. The number of carbonyl (C=O) groups is 1. The van der Waals surface area contributed by atoms with Gasteiger partial charge in [-0.1, -0.05) is 19.3 Å². The van der Waals surface area contributed by atoms with Crippen LogP contribution in [0.25, 0.3) is 0 Å². The van der Waals surface area contributed by atoms with E-state index in [1.165, 1.54) is 19.6 Å². The van der Waals surface area contributed by atoms with Crippen LogP contribution in [0.1, 0.15) is 32.1 Å². The van der Waals surface area contributed by atoms with E-state index in [0.717, 1.165) is 31.4 Å². The number of carbonyl (C=O) groups excluding carboxylic acids is 1. The monoisotopic (exact) mass is 278 g/mol. The third kappa shape index (κ3) is 2.32. The molecule has 5 heteroatoms. The Kier molecular flexibility index (Phi) is 3.51. The van der Waals surface area contributed by atoms with Crippen LogP contribution in [0.4, 0.5) is 15.8 Å². The molecule has 1 aromatic rings. The lowest BCUT2D eigenvalue weighted by Crippen LogP contribution is -2.34. The molecule has 0 bridgehead atoms. The smallest absolute Gasteiger partial charge is 0.229 e. The average Bonchev–Trinajstić information content (AvgIpc) is 2.72. The summed E-state index contributed by atoms with van der Waals surface area (Å²) < 4.78 is 18.8. The first-order valence-electron chi connectivity index (χ1n) is 7.14. The van der Waals surface area contributed by atoms with Crippen molar-refractivity contribution >= 4 is 17.3 Å². The van der Waals surface area contributed by atoms with Gasteiger partial charge in [0.05, 0.1) is 24.4 Å².